The highest BCUT2D eigenvalue weighted by Crippen LogP contribution is 2.27. The fourth-order valence-corrected chi connectivity index (χ4v) is 5.18. The van der Waals surface area contributed by atoms with Gasteiger partial charge in [-0.15, -0.1) is 0 Å². The minimum Gasteiger partial charge on any atom is -0.339 e. The summed E-state index contributed by atoms with van der Waals surface area (Å²) in [6.07, 6.45) is 4.15. The van der Waals surface area contributed by atoms with Crippen LogP contribution in [0.15, 0.2) is 52.1 Å². The summed E-state index contributed by atoms with van der Waals surface area (Å²) in [5, 5.41) is -0.177. The van der Waals surface area contributed by atoms with Gasteiger partial charge in [-0.25, -0.2) is 9.18 Å². The maximum Gasteiger partial charge on any atom is 0.329 e. The molecule has 2 aliphatic rings. The Labute approximate surface area is 201 Å². The number of hydrogen-bond acceptors (Lipinski definition) is 4. The van der Waals surface area contributed by atoms with Gasteiger partial charge in [-0.3, -0.25) is 23.9 Å². The number of halogens is 1. The van der Waals surface area contributed by atoms with Gasteiger partial charge >= 0.3 is 5.69 Å². The molecular formula is C26H27FN4O4. The molecule has 2 amide bonds. The lowest BCUT2D eigenvalue weighted by Gasteiger charge is -2.36. The zero-order valence-corrected chi connectivity index (χ0v) is 19.3. The lowest BCUT2D eigenvalue weighted by Crippen LogP contribution is -2.51. The number of hydrogen-bond donors (Lipinski definition) is 1. The Kier molecular flexibility index (Phi) is 6.23. The molecule has 2 fully saturated rings. The van der Waals surface area contributed by atoms with E-state index in [9.17, 15) is 23.6 Å². The first-order chi connectivity index (χ1) is 16.9. The molecule has 0 unspecified atom stereocenters. The summed E-state index contributed by atoms with van der Waals surface area (Å²) < 4.78 is 15.5. The molecule has 35 heavy (non-hydrogen) atoms. The maximum atomic E-state index is 14.2. The second-order valence-electron chi connectivity index (χ2n) is 9.28. The van der Waals surface area contributed by atoms with Crippen LogP contribution < -0.4 is 11.2 Å². The van der Waals surface area contributed by atoms with E-state index < -0.39 is 17.1 Å². The van der Waals surface area contributed by atoms with Crippen molar-refractivity contribution in [2.75, 3.05) is 26.2 Å². The van der Waals surface area contributed by atoms with E-state index >= 15 is 0 Å². The molecule has 2 heterocycles. The molecule has 1 aromatic heterocycles. The van der Waals surface area contributed by atoms with E-state index in [1.807, 2.05) is 4.90 Å². The Morgan fingerprint density at radius 2 is 1.63 bits per heavy atom. The highest BCUT2D eigenvalue weighted by Gasteiger charge is 2.30. The molecule has 1 aliphatic carbocycles. The largest absolute Gasteiger partial charge is 0.339 e. The number of rotatable bonds is 4. The molecule has 1 saturated heterocycles. The summed E-state index contributed by atoms with van der Waals surface area (Å²) >= 11 is 0. The molecule has 0 spiro atoms. The molecule has 3 aromatic rings. The van der Waals surface area contributed by atoms with Crippen LogP contribution in [-0.2, 0) is 11.3 Å². The monoisotopic (exact) mass is 478 g/mol. The summed E-state index contributed by atoms with van der Waals surface area (Å²) in [6, 6.07) is 11.1. The van der Waals surface area contributed by atoms with E-state index in [1.54, 1.807) is 29.2 Å². The van der Waals surface area contributed by atoms with Gasteiger partial charge in [-0.2, -0.15) is 0 Å². The lowest BCUT2D eigenvalue weighted by molar-refractivity contribution is -0.136. The van der Waals surface area contributed by atoms with Gasteiger partial charge in [-0.05, 0) is 42.7 Å². The van der Waals surface area contributed by atoms with Crippen LogP contribution in [0.3, 0.4) is 0 Å². The minimum absolute atomic E-state index is 0.0698. The smallest absolute Gasteiger partial charge is 0.329 e. The number of aromatic nitrogens is 2. The standard InChI is InChI=1S/C26H27FN4O4/c27-20-9-4-10-21-22(20)23(32)28-26(35)31(21)16-17-5-3-8-19(15-17)25(34)30-13-11-29(12-14-30)24(33)18-6-1-2-7-18/h3-5,8-10,15,18H,1-2,6-7,11-14,16H2,(H,28,32,35). The molecule has 0 radical (unpaired) electrons. The number of carbonyl (C=O) groups is 2. The summed E-state index contributed by atoms with van der Waals surface area (Å²) in [5.41, 5.74) is -0.0723. The first kappa shape index (κ1) is 23.0. The fraction of sp³-hybridized carbons (Fsp3) is 0.385. The number of nitrogens with zero attached hydrogens (tertiary/aromatic N) is 3. The van der Waals surface area contributed by atoms with Crippen molar-refractivity contribution < 1.29 is 14.0 Å². The molecule has 9 heteroatoms. The van der Waals surface area contributed by atoms with Crippen LogP contribution in [0.1, 0.15) is 41.6 Å². The van der Waals surface area contributed by atoms with Crippen molar-refractivity contribution >= 4 is 22.7 Å². The molecule has 182 valence electrons. The average Bonchev–Trinajstić information content (AvgIpc) is 3.41. The molecule has 1 N–H and O–H groups in total. The number of benzene rings is 2. The molecule has 1 aliphatic heterocycles. The van der Waals surface area contributed by atoms with E-state index in [4.69, 9.17) is 0 Å². The number of nitrogens with one attached hydrogen (secondary N) is 1. The fourth-order valence-electron chi connectivity index (χ4n) is 5.18. The minimum atomic E-state index is -0.770. The number of carbonyl (C=O) groups excluding carboxylic acids is 2. The molecule has 0 atom stereocenters. The topological polar surface area (TPSA) is 95.5 Å². The van der Waals surface area contributed by atoms with Crippen LogP contribution >= 0.6 is 0 Å². The van der Waals surface area contributed by atoms with Gasteiger partial charge in [0.2, 0.25) is 5.91 Å². The molecule has 2 aromatic carbocycles. The predicted octanol–water partition coefficient (Wildman–Crippen LogP) is 2.35. The first-order valence-electron chi connectivity index (χ1n) is 12.0. The summed E-state index contributed by atoms with van der Waals surface area (Å²) in [5.74, 6) is -0.488. The van der Waals surface area contributed by atoms with Crippen molar-refractivity contribution in [2.45, 2.75) is 32.2 Å². The van der Waals surface area contributed by atoms with Gasteiger partial charge in [0.15, 0.2) is 0 Å². The second kappa shape index (κ2) is 9.48. The zero-order chi connectivity index (χ0) is 24.5. The van der Waals surface area contributed by atoms with E-state index in [0.29, 0.717) is 37.3 Å². The molecule has 8 nitrogen and oxygen atoms in total. The molecule has 1 saturated carbocycles. The van der Waals surface area contributed by atoms with Gasteiger partial charge in [0.05, 0.1) is 17.4 Å². The Balaban J connectivity index is 1.32. The SMILES string of the molecule is O=C(c1cccc(Cn2c(=O)[nH]c(=O)c3c(F)cccc32)c1)N1CCN(C(=O)C2CCCC2)CC1. The van der Waals surface area contributed by atoms with Crippen LogP contribution in [0.2, 0.25) is 0 Å². The Morgan fingerprint density at radius 1 is 0.943 bits per heavy atom. The van der Waals surface area contributed by atoms with Crippen LogP contribution in [0.5, 0.6) is 0 Å². The normalized spacial score (nSPS) is 16.7. The van der Waals surface area contributed by atoms with Crippen molar-refractivity contribution in [2.24, 2.45) is 5.92 Å². The van der Waals surface area contributed by atoms with E-state index in [0.717, 1.165) is 25.7 Å². The maximum absolute atomic E-state index is 14.2. The lowest BCUT2D eigenvalue weighted by atomic mass is 10.1. The number of fused-ring (bicyclic) bond motifs is 1. The van der Waals surface area contributed by atoms with Crippen molar-refractivity contribution in [3.63, 3.8) is 0 Å². The van der Waals surface area contributed by atoms with Crippen molar-refractivity contribution in [1.82, 2.24) is 19.4 Å². The van der Waals surface area contributed by atoms with Crippen LogP contribution in [0, 0.1) is 11.7 Å². The number of piperazine rings is 1. The number of aromatic amines is 1. The van der Waals surface area contributed by atoms with Gasteiger partial charge in [0, 0.05) is 37.7 Å². The van der Waals surface area contributed by atoms with Gasteiger partial charge in [0.1, 0.15) is 5.82 Å². The van der Waals surface area contributed by atoms with Gasteiger partial charge < -0.3 is 9.80 Å². The van der Waals surface area contributed by atoms with Gasteiger partial charge in [0.25, 0.3) is 11.5 Å². The zero-order valence-electron chi connectivity index (χ0n) is 19.3. The highest BCUT2D eigenvalue weighted by atomic mass is 19.1. The number of H-pyrrole nitrogens is 1. The van der Waals surface area contributed by atoms with Gasteiger partial charge in [-0.1, -0.05) is 31.0 Å². The van der Waals surface area contributed by atoms with Crippen LogP contribution in [0.25, 0.3) is 10.9 Å². The Bertz CT molecular complexity index is 1400. The quantitative estimate of drug-likeness (QED) is 0.623. The average molecular weight is 479 g/mol. The van der Waals surface area contributed by atoms with Crippen molar-refractivity contribution in [3.8, 4) is 0 Å². The highest BCUT2D eigenvalue weighted by molar-refractivity contribution is 5.94. The third-order valence-electron chi connectivity index (χ3n) is 7.07. The first-order valence-corrected chi connectivity index (χ1v) is 12.0. The Hall–Kier alpha value is -3.75. The van der Waals surface area contributed by atoms with E-state index in [1.165, 1.54) is 22.8 Å². The third kappa shape index (κ3) is 4.50. The summed E-state index contributed by atoms with van der Waals surface area (Å²) in [4.78, 5) is 56.2. The van der Waals surface area contributed by atoms with Crippen molar-refractivity contribution in [1.29, 1.82) is 0 Å². The number of amides is 2. The molecule has 5 rings (SSSR count). The van der Waals surface area contributed by atoms with Crippen molar-refractivity contribution in [3.05, 3.63) is 80.2 Å². The second-order valence-corrected chi connectivity index (χ2v) is 9.28. The summed E-state index contributed by atoms with van der Waals surface area (Å²) in [7, 11) is 0. The summed E-state index contributed by atoms with van der Waals surface area (Å²) in [6.45, 7) is 2.09. The molecular weight excluding hydrogens is 451 g/mol. The van der Waals surface area contributed by atoms with E-state index in [-0.39, 0.29) is 35.2 Å². The predicted molar refractivity (Wildman–Crippen MR) is 129 cm³/mol. The third-order valence-corrected chi connectivity index (χ3v) is 7.07. The van der Waals surface area contributed by atoms with E-state index in [2.05, 4.69) is 4.98 Å². The Morgan fingerprint density at radius 3 is 2.37 bits per heavy atom. The van der Waals surface area contributed by atoms with Crippen LogP contribution in [-0.4, -0.2) is 57.3 Å². The molecule has 0 bridgehead atoms. The van der Waals surface area contributed by atoms with Crippen LogP contribution in [0.4, 0.5) is 4.39 Å².